The molecule has 112 valence electrons. The summed E-state index contributed by atoms with van der Waals surface area (Å²) in [6.07, 6.45) is 4.14. The quantitative estimate of drug-likeness (QED) is 0.792. The van der Waals surface area contributed by atoms with Gasteiger partial charge in [0, 0.05) is 19.6 Å². The molecule has 20 heavy (non-hydrogen) atoms. The van der Waals surface area contributed by atoms with Crippen LogP contribution in [0.4, 0.5) is 0 Å². The molecule has 2 heterocycles. The van der Waals surface area contributed by atoms with Crippen LogP contribution in [0, 0.1) is 11.8 Å². The zero-order chi connectivity index (χ0) is 13.9. The van der Waals surface area contributed by atoms with E-state index in [1.54, 1.807) is 0 Å². The van der Waals surface area contributed by atoms with Crippen LogP contribution in [0.1, 0.15) is 31.0 Å². The van der Waals surface area contributed by atoms with E-state index in [2.05, 4.69) is 27.0 Å². The average Bonchev–Trinajstić information content (AvgIpc) is 2.95. The van der Waals surface area contributed by atoms with Gasteiger partial charge in [-0.3, -0.25) is 4.90 Å². The van der Waals surface area contributed by atoms with E-state index in [0.29, 0.717) is 12.4 Å². The minimum Gasteiger partial charge on any atom is -0.338 e. The van der Waals surface area contributed by atoms with Crippen LogP contribution in [0.2, 0.25) is 0 Å². The SMILES string of the molecule is CN(CC1CC1)CC1CCN(Cc2noc(CN)n2)C1. The molecule has 2 fully saturated rings. The third-order valence-corrected chi connectivity index (χ3v) is 4.26. The topological polar surface area (TPSA) is 71.4 Å². The molecule has 0 spiro atoms. The van der Waals surface area contributed by atoms with Crippen molar-refractivity contribution in [2.45, 2.75) is 32.4 Å². The largest absolute Gasteiger partial charge is 0.338 e. The second kappa shape index (κ2) is 6.20. The first-order valence-corrected chi connectivity index (χ1v) is 7.65. The minimum atomic E-state index is 0.321. The molecule has 1 saturated heterocycles. The summed E-state index contributed by atoms with van der Waals surface area (Å²) in [5.41, 5.74) is 5.48. The van der Waals surface area contributed by atoms with Gasteiger partial charge < -0.3 is 15.2 Å². The van der Waals surface area contributed by atoms with E-state index in [1.165, 1.54) is 32.4 Å². The van der Waals surface area contributed by atoms with Crippen LogP contribution >= 0.6 is 0 Å². The van der Waals surface area contributed by atoms with Gasteiger partial charge in [0.15, 0.2) is 5.82 Å². The molecule has 1 aromatic heterocycles. The molecule has 0 aromatic carbocycles. The van der Waals surface area contributed by atoms with Gasteiger partial charge in [0.25, 0.3) is 0 Å². The van der Waals surface area contributed by atoms with Crippen molar-refractivity contribution in [1.82, 2.24) is 19.9 Å². The van der Waals surface area contributed by atoms with E-state index in [0.717, 1.165) is 37.3 Å². The lowest BCUT2D eigenvalue weighted by Crippen LogP contribution is -2.29. The van der Waals surface area contributed by atoms with Crippen molar-refractivity contribution in [3.05, 3.63) is 11.7 Å². The number of nitrogens with two attached hydrogens (primary N) is 1. The third kappa shape index (κ3) is 3.77. The molecule has 3 rings (SSSR count). The lowest BCUT2D eigenvalue weighted by atomic mass is 10.1. The van der Waals surface area contributed by atoms with Crippen molar-refractivity contribution in [3.8, 4) is 0 Å². The highest BCUT2D eigenvalue weighted by Crippen LogP contribution is 2.30. The standard InChI is InChI=1S/C14H25N5O/c1-18(7-11-2-3-11)8-12-4-5-19(9-12)10-13-16-14(6-15)20-17-13/h11-12H,2-10,15H2,1H3. The van der Waals surface area contributed by atoms with E-state index in [1.807, 2.05) is 0 Å². The summed E-state index contributed by atoms with van der Waals surface area (Å²) >= 11 is 0. The number of rotatable bonds is 7. The maximum atomic E-state index is 5.48. The van der Waals surface area contributed by atoms with Crippen molar-refractivity contribution >= 4 is 0 Å². The fraction of sp³-hybridized carbons (Fsp3) is 0.857. The van der Waals surface area contributed by atoms with Gasteiger partial charge in [0.1, 0.15) is 0 Å². The van der Waals surface area contributed by atoms with E-state index < -0.39 is 0 Å². The zero-order valence-electron chi connectivity index (χ0n) is 12.3. The molecule has 1 atom stereocenters. The summed E-state index contributed by atoms with van der Waals surface area (Å²) in [6.45, 7) is 5.87. The molecule has 6 heteroatoms. The van der Waals surface area contributed by atoms with Crippen molar-refractivity contribution in [2.24, 2.45) is 17.6 Å². The van der Waals surface area contributed by atoms with Gasteiger partial charge in [-0.1, -0.05) is 5.16 Å². The Hall–Kier alpha value is -0.980. The lowest BCUT2D eigenvalue weighted by molar-refractivity contribution is 0.250. The molecule has 0 amide bonds. The summed E-state index contributed by atoms with van der Waals surface area (Å²) in [4.78, 5) is 9.20. The normalized spacial score (nSPS) is 23.9. The first kappa shape index (κ1) is 14.0. The van der Waals surface area contributed by atoms with Crippen LogP contribution in [0.25, 0.3) is 0 Å². The van der Waals surface area contributed by atoms with Gasteiger partial charge in [-0.05, 0) is 44.7 Å². The van der Waals surface area contributed by atoms with Gasteiger partial charge in [-0.25, -0.2) is 0 Å². The Labute approximate surface area is 120 Å². The number of hydrogen-bond donors (Lipinski definition) is 1. The van der Waals surface area contributed by atoms with Crippen molar-refractivity contribution in [1.29, 1.82) is 0 Å². The van der Waals surface area contributed by atoms with Crippen molar-refractivity contribution in [3.63, 3.8) is 0 Å². The number of nitrogens with zero attached hydrogens (tertiary/aromatic N) is 4. The molecule has 0 radical (unpaired) electrons. The van der Waals surface area contributed by atoms with E-state index in [4.69, 9.17) is 10.3 Å². The highest BCUT2D eigenvalue weighted by atomic mass is 16.5. The second-order valence-electron chi connectivity index (χ2n) is 6.36. The Morgan fingerprint density at radius 2 is 2.10 bits per heavy atom. The molecule has 2 aliphatic rings. The van der Waals surface area contributed by atoms with Crippen LogP contribution in [0.5, 0.6) is 0 Å². The summed E-state index contributed by atoms with van der Waals surface area (Å²) in [7, 11) is 2.26. The Bertz CT molecular complexity index is 431. The van der Waals surface area contributed by atoms with Crippen LogP contribution in [0.15, 0.2) is 4.52 Å². The second-order valence-corrected chi connectivity index (χ2v) is 6.36. The third-order valence-electron chi connectivity index (χ3n) is 4.26. The monoisotopic (exact) mass is 279 g/mol. The fourth-order valence-electron chi connectivity index (χ4n) is 3.10. The molecule has 1 aliphatic heterocycles. The van der Waals surface area contributed by atoms with Gasteiger partial charge in [0.2, 0.25) is 5.89 Å². The Kier molecular flexibility index (Phi) is 4.33. The van der Waals surface area contributed by atoms with Crippen molar-refractivity contribution in [2.75, 3.05) is 33.2 Å². The number of likely N-dealkylation sites (tertiary alicyclic amines) is 1. The highest BCUT2D eigenvalue weighted by Gasteiger charge is 2.27. The molecule has 1 unspecified atom stereocenters. The molecule has 0 bridgehead atoms. The molecule has 6 nitrogen and oxygen atoms in total. The van der Waals surface area contributed by atoms with Gasteiger partial charge in [0.05, 0.1) is 13.1 Å². The van der Waals surface area contributed by atoms with E-state index in [9.17, 15) is 0 Å². The smallest absolute Gasteiger partial charge is 0.240 e. The Morgan fingerprint density at radius 1 is 1.30 bits per heavy atom. The molecule has 1 aromatic rings. The predicted octanol–water partition coefficient (Wildman–Crippen LogP) is 0.692. The first-order chi connectivity index (χ1) is 9.72. The number of hydrogen-bond acceptors (Lipinski definition) is 6. The zero-order valence-corrected chi connectivity index (χ0v) is 12.3. The maximum absolute atomic E-state index is 5.48. The van der Waals surface area contributed by atoms with Gasteiger partial charge in [-0.15, -0.1) is 0 Å². The first-order valence-electron chi connectivity index (χ1n) is 7.65. The van der Waals surface area contributed by atoms with Gasteiger partial charge in [-0.2, -0.15) is 4.98 Å². The summed E-state index contributed by atoms with van der Waals surface area (Å²) < 4.78 is 5.05. The highest BCUT2D eigenvalue weighted by molar-refractivity contribution is 4.88. The summed E-state index contributed by atoms with van der Waals surface area (Å²) in [5.74, 6) is 3.04. The summed E-state index contributed by atoms with van der Waals surface area (Å²) in [6, 6.07) is 0. The van der Waals surface area contributed by atoms with Crippen LogP contribution in [-0.2, 0) is 13.1 Å². The maximum Gasteiger partial charge on any atom is 0.240 e. The molecular formula is C14H25N5O. The molecule has 2 N–H and O–H groups in total. The fourth-order valence-corrected chi connectivity index (χ4v) is 3.10. The summed E-state index contributed by atoms with van der Waals surface area (Å²) in [5, 5.41) is 3.97. The molecule has 1 saturated carbocycles. The minimum absolute atomic E-state index is 0.321. The average molecular weight is 279 g/mol. The van der Waals surface area contributed by atoms with Gasteiger partial charge >= 0.3 is 0 Å². The lowest BCUT2D eigenvalue weighted by Gasteiger charge is -2.21. The van der Waals surface area contributed by atoms with Crippen molar-refractivity contribution < 1.29 is 4.52 Å². The molecule has 1 aliphatic carbocycles. The van der Waals surface area contributed by atoms with Crippen LogP contribution in [-0.4, -0.2) is 53.2 Å². The number of aromatic nitrogens is 2. The van der Waals surface area contributed by atoms with E-state index in [-0.39, 0.29) is 0 Å². The Balaban J connectivity index is 1.41. The molecular weight excluding hydrogens is 254 g/mol. The Morgan fingerprint density at radius 3 is 2.80 bits per heavy atom. The van der Waals surface area contributed by atoms with Crippen LogP contribution < -0.4 is 5.73 Å². The predicted molar refractivity (Wildman–Crippen MR) is 75.8 cm³/mol. The van der Waals surface area contributed by atoms with Crippen LogP contribution in [0.3, 0.4) is 0 Å². The van der Waals surface area contributed by atoms with E-state index >= 15 is 0 Å².